The summed E-state index contributed by atoms with van der Waals surface area (Å²) in [6.07, 6.45) is 5.38. The fourth-order valence-corrected chi connectivity index (χ4v) is 0.817. The lowest BCUT2D eigenvalue weighted by Crippen LogP contribution is -1.72. The van der Waals surface area contributed by atoms with Gasteiger partial charge in [-0.1, -0.05) is 17.7 Å². The Hall–Kier alpha value is -0.820. The molecule has 0 bridgehead atoms. The van der Waals surface area contributed by atoms with Gasteiger partial charge >= 0.3 is 0 Å². The molecule has 52 valence electrons. The number of hydrogen-bond donors (Lipinski definition) is 0. The molecule has 0 fully saturated rings. The van der Waals surface area contributed by atoms with Gasteiger partial charge in [-0.25, -0.2) is 0 Å². The molecule has 0 atom stereocenters. The number of nitrogens with zero attached hydrogens (tertiary/aromatic N) is 1. The highest BCUT2D eigenvalue weighted by molar-refractivity contribution is 6.31. The smallest absolute Gasteiger partial charge is 0.0340 e. The van der Waals surface area contributed by atoms with Crippen LogP contribution in [0.3, 0.4) is 0 Å². The lowest BCUT2D eigenvalue weighted by Gasteiger charge is -1.89. The maximum Gasteiger partial charge on any atom is 0.0340 e. The number of rotatable bonds is 1. The molecule has 0 spiro atoms. The zero-order chi connectivity index (χ0) is 7.40. The summed E-state index contributed by atoms with van der Waals surface area (Å²) in [7, 11) is 0. The van der Waals surface area contributed by atoms with Gasteiger partial charge in [0.1, 0.15) is 0 Å². The summed E-state index contributed by atoms with van der Waals surface area (Å²) in [4.78, 5) is 3.93. The van der Waals surface area contributed by atoms with Crippen LogP contribution in [0.15, 0.2) is 29.6 Å². The van der Waals surface area contributed by atoms with Crippen LogP contribution in [0.5, 0.6) is 0 Å². The van der Waals surface area contributed by atoms with Gasteiger partial charge in [-0.05, 0) is 24.6 Å². The molecule has 0 radical (unpaired) electrons. The molecule has 0 aliphatic rings. The molecule has 1 aromatic heterocycles. The summed E-state index contributed by atoms with van der Waals surface area (Å²) in [5.41, 5.74) is 1.04. The molecule has 10 heavy (non-hydrogen) atoms. The summed E-state index contributed by atoms with van der Waals surface area (Å²) in [6, 6.07) is 3.84. The van der Waals surface area contributed by atoms with E-state index in [2.05, 4.69) is 4.98 Å². The van der Waals surface area contributed by atoms with Crippen molar-refractivity contribution in [2.45, 2.75) is 6.92 Å². The second-order valence-electron chi connectivity index (χ2n) is 2.02. The van der Waals surface area contributed by atoms with Crippen LogP contribution in [-0.2, 0) is 0 Å². The van der Waals surface area contributed by atoms with E-state index >= 15 is 0 Å². The van der Waals surface area contributed by atoms with Crippen molar-refractivity contribution in [2.24, 2.45) is 0 Å². The first-order chi connectivity index (χ1) is 4.79. The Balaban J connectivity index is 2.87. The molecule has 1 aromatic rings. The third-order valence-electron chi connectivity index (χ3n) is 1.05. The molecule has 0 aliphatic carbocycles. The first kappa shape index (κ1) is 7.29. The molecule has 0 aromatic carbocycles. The molecule has 2 heteroatoms. The van der Waals surface area contributed by atoms with Gasteiger partial charge in [-0.3, -0.25) is 4.98 Å². The Kier molecular flexibility index (Phi) is 2.46. The first-order valence-corrected chi connectivity index (χ1v) is 3.40. The highest BCUT2D eigenvalue weighted by Crippen LogP contribution is 2.06. The third-order valence-corrected chi connectivity index (χ3v) is 1.16. The lowest BCUT2D eigenvalue weighted by molar-refractivity contribution is 1.32. The van der Waals surface area contributed by atoms with E-state index in [1.54, 1.807) is 12.4 Å². The number of hydrogen-bond acceptors (Lipinski definition) is 1. The number of halogens is 1. The second-order valence-corrected chi connectivity index (χ2v) is 2.61. The maximum atomic E-state index is 5.65. The fourth-order valence-electron chi connectivity index (χ4n) is 0.691. The minimum Gasteiger partial charge on any atom is -0.264 e. The van der Waals surface area contributed by atoms with Crippen LogP contribution in [0.25, 0.3) is 6.08 Å². The molecular weight excluding hydrogens is 146 g/mol. The number of pyridine rings is 1. The van der Waals surface area contributed by atoms with Crippen molar-refractivity contribution in [3.8, 4) is 0 Å². The molecule has 0 aliphatic heterocycles. The predicted molar refractivity (Wildman–Crippen MR) is 43.7 cm³/mol. The molecule has 0 unspecified atom stereocenters. The maximum absolute atomic E-state index is 5.65. The Bertz CT molecular complexity index is 224. The molecular formula is C8H8ClN. The van der Waals surface area contributed by atoms with Gasteiger partial charge in [-0.2, -0.15) is 0 Å². The topological polar surface area (TPSA) is 12.9 Å². The predicted octanol–water partition coefficient (Wildman–Crippen LogP) is 2.68. The van der Waals surface area contributed by atoms with Crippen molar-refractivity contribution in [3.63, 3.8) is 0 Å². The van der Waals surface area contributed by atoms with Gasteiger partial charge in [0.25, 0.3) is 0 Å². The minimum atomic E-state index is 0.771. The Morgan fingerprint density at radius 1 is 1.70 bits per heavy atom. The van der Waals surface area contributed by atoms with Crippen molar-refractivity contribution < 1.29 is 0 Å². The largest absolute Gasteiger partial charge is 0.264 e. The van der Waals surface area contributed by atoms with E-state index in [4.69, 9.17) is 11.6 Å². The van der Waals surface area contributed by atoms with Gasteiger partial charge in [0.05, 0.1) is 0 Å². The Morgan fingerprint density at radius 2 is 2.50 bits per heavy atom. The van der Waals surface area contributed by atoms with Crippen LogP contribution in [0.1, 0.15) is 12.5 Å². The van der Waals surface area contributed by atoms with E-state index in [0.29, 0.717) is 0 Å². The Morgan fingerprint density at radius 3 is 3.00 bits per heavy atom. The van der Waals surface area contributed by atoms with E-state index in [0.717, 1.165) is 10.6 Å². The number of aromatic nitrogens is 1. The van der Waals surface area contributed by atoms with Gasteiger partial charge in [0.15, 0.2) is 0 Å². The molecule has 0 amide bonds. The third kappa shape index (κ3) is 2.19. The Labute approximate surface area is 65.4 Å². The summed E-state index contributed by atoms with van der Waals surface area (Å²) in [5, 5.41) is 0.771. The highest BCUT2D eigenvalue weighted by atomic mass is 35.5. The number of allylic oxidation sites excluding steroid dienone is 1. The quantitative estimate of drug-likeness (QED) is 0.605. The first-order valence-electron chi connectivity index (χ1n) is 3.03. The highest BCUT2D eigenvalue weighted by Gasteiger charge is 1.84. The molecule has 0 saturated heterocycles. The van der Waals surface area contributed by atoms with Crippen molar-refractivity contribution >= 4 is 17.7 Å². The standard InChI is InChI=1S/C8H8ClN/c1-7(9)5-8-3-2-4-10-6-8/h2-6H,1H3. The van der Waals surface area contributed by atoms with Gasteiger partial charge in [-0.15, -0.1) is 0 Å². The summed E-state index contributed by atoms with van der Waals surface area (Å²) in [6.45, 7) is 1.84. The van der Waals surface area contributed by atoms with Crippen molar-refractivity contribution in [2.75, 3.05) is 0 Å². The monoisotopic (exact) mass is 153 g/mol. The van der Waals surface area contributed by atoms with Crippen molar-refractivity contribution in [1.29, 1.82) is 0 Å². The molecule has 0 saturated carbocycles. The zero-order valence-corrected chi connectivity index (χ0v) is 6.47. The van der Waals surface area contributed by atoms with Crippen LogP contribution < -0.4 is 0 Å². The summed E-state index contributed by atoms with van der Waals surface area (Å²) in [5.74, 6) is 0. The van der Waals surface area contributed by atoms with Crippen LogP contribution >= 0.6 is 11.6 Å². The van der Waals surface area contributed by atoms with Crippen LogP contribution in [-0.4, -0.2) is 4.98 Å². The molecule has 1 heterocycles. The molecule has 0 N–H and O–H groups in total. The minimum absolute atomic E-state index is 0.771. The van der Waals surface area contributed by atoms with Gasteiger partial charge in [0, 0.05) is 17.4 Å². The van der Waals surface area contributed by atoms with E-state index in [1.165, 1.54) is 0 Å². The van der Waals surface area contributed by atoms with Gasteiger partial charge in [0.2, 0.25) is 0 Å². The average Bonchev–Trinajstić information content (AvgIpc) is 1.88. The van der Waals surface area contributed by atoms with E-state index in [1.807, 2.05) is 25.1 Å². The van der Waals surface area contributed by atoms with Crippen molar-refractivity contribution in [3.05, 3.63) is 35.1 Å². The average molecular weight is 154 g/mol. The SMILES string of the molecule is CC(Cl)=Cc1cccnc1. The van der Waals surface area contributed by atoms with Crippen LogP contribution in [0.2, 0.25) is 0 Å². The van der Waals surface area contributed by atoms with Crippen molar-refractivity contribution in [1.82, 2.24) is 4.98 Å². The van der Waals surface area contributed by atoms with Crippen LogP contribution in [0.4, 0.5) is 0 Å². The molecule has 1 nitrogen and oxygen atoms in total. The van der Waals surface area contributed by atoms with E-state index in [-0.39, 0.29) is 0 Å². The molecule has 1 rings (SSSR count). The van der Waals surface area contributed by atoms with E-state index in [9.17, 15) is 0 Å². The second kappa shape index (κ2) is 3.37. The summed E-state index contributed by atoms with van der Waals surface area (Å²) < 4.78 is 0. The lowest BCUT2D eigenvalue weighted by atomic mass is 10.3. The fraction of sp³-hybridized carbons (Fsp3) is 0.125. The van der Waals surface area contributed by atoms with Gasteiger partial charge < -0.3 is 0 Å². The normalized spacial score (nSPS) is 11.6. The zero-order valence-electron chi connectivity index (χ0n) is 5.71. The van der Waals surface area contributed by atoms with Crippen LogP contribution in [0, 0.1) is 0 Å². The van der Waals surface area contributed by atoms with E-state index < -0.39 is 0 Å². The summed E-state index contributed by atoms with van der Waals surface area (Å²) >= 11 is 5.65.